The third kappa shape index (κ3) is 3.55. The largest absolute Gasteiger partial charge is 0.376 e. The molecule has 1 atom stereocenters. The van der Waals surface area contributed by atoms with E-state index in [1.807, 2.05) is 11.3 Å². The van der Waals surface area contributed by atoms with E-state index in [9.17, 15) is 0 Å². The topological polar surface area (TPSA) is 15.3 Å². The maximum absolute atomic E-state index is 3.71. The summed E-state index contributed by atoms with van der Waals surface area (Å²) in [5.41, 5.74) is 2.37. The molecule has 0 aliphatic rings. The monoisotopic (exact) mass is 352 g/mol. The van der Waals surface area contributed by atoms with E-state index in [4.69, 9.17) is 0 Å². The first-order chi connectivity index (χ1) is 9.49. The maximum Gasteiger partial charge on any atom is 0.0630 e. The van der Waals surface area contributed by atoms with Gasteiger partial charge in [-0.1, -0.05) is 35.8 Å². The Hall–Kier alpha value is -1.00. The summed E-state index contributed by atoms with van der Waals surface area (Å²) >= 11 is 5.37. The number of benzene rings is 1. The van der Waals surface area contributed by atoms with Gasteiger partial charge in [0.1, 0.15) is 0 Å². The summed E-state index contributed by atoms with van der Waals surface area (Å²) < 4.78 is 1.10. The van der Waals surface area contributed by atoms with E-state index < -0.39 is 0 Å². The first-order valence-corrected chi connectivity index (χ1v) is 8.43. The number of hydrogen-bond donors (Lipinski definition) is 1. The van der Waals surface area contributed by atoms with Crippen LogP contribution in [0.15, 0.2) is 40.2 Å². The Morgan fingerprint density at radius 1 is 1.20 bits per heavy atom. The summed E-state index contributed by atoms with van der Waals surface area (Å²) in [4.78, 5) is 3.52. The van der Waals surface area contributed by atoms with Gasteiger partial charge in [-0.15, -0.1) is 11.3 Å². The Bertz CT molecular complexity index is 550. The van der Waals surface area contributed by atoms with Gasteiger partial charge in [0.2, 0.25) is 0 Å². The van der Waals surface area contributed by atoms with E-state index in [0.717, 1.165) is 10.2 Å². The van der Waals surface area contributed by atoms with E-state index in [1.165, 1.54) is 10.6 Å². The van der Waals surface area contributed by atoms with Crippen LogP contribution < -0.4 is 10.2 Å². The predicted molar refractivity (Wildman–Crippen MR) is 94.0 cm³/mol. The second kappa shape index (κ2) is 6.64. The molecule has 1 heterocycles. The highest BCUT2D eigenvalue weighted by Crippen LogP contribution is 2.35. The third-order valence-corrected chi connectivity index (χ3v) is 4.72. The SMILES string of the molecule is CC(C)C(Nc1cc(Br)ccc1N(C)C)c1cccs1. The minimum atomic E-state index is 0.336. The van der Waals surface area contributed by atoms with E-state index in [-0.39, 0.29) is 0 Å². The second-order valence-electron chi connectivity index (χ2n) is 5.44. The number of rotatable bonds is 5. The van der Waals surface area contributed by atoms with Gasteiger partial charge < -0.3 is 10.2 Å². The van der Waals surface area contributed by atoms with Crippen LogP contribution in [0.1, 0.15) is 24.8 Å². The number of nitrogens with zero attached hydrogens (tertiary/aromatic N) is 1. The molecule has 4 heteroatoms. The van der Waals surface area contributed by atoms with Crippen molar-refractivity contribution in [3.63, 3.8) is 0 Å². The molecule has 2 rings (SSSR count). The van der Waals surface area contributed by atoms with Crippen LogP contribution in [-0.2, 0) is 0 Å². The Kier molecular flexibility index (Phi) is 5.11. The normalized spacial score (nSPS) is 12.5. The summed E-state index contributed by atoms with van der Waals surface area (Å²) in [7, 11) is 4.15. The van der Waals surface area contributed by atoms with Gasteiger partial charge in [-0.25, -0.2) is 0 Å². The number of nitrogens with one attached hydrogen (secondary N) is 1. The van der Waals surface area contributed by atoms with Crippen LogP contribution >= 0.6 is 27.3 Å². The van der Waals surface area contributed by atoms with Crippen LogP contribution in [0.25, 0.3) is 0 Å². The molecule has 20 heavy (non-hydrogen) atoms. The Morgan fingerprint density at radius 3 is 2.50 bits per heavy atom. The third-order valence-electron chi connectivity index (χ3n) is 3.27. The molecule has 0 saturated carbocycles. The van der Waals surface area contributed by atoms with Gasteiger partial charge in [-0.3, -0.25) is 0 Å². The van der Waals surface area contributed by atoms with Gasteiger partial charge in [0.25, 0.3) is 0 Å². The number of anilines is 2. The number of thiophene rings is 1. The van der Waals surface area contributed by atoms with Gasteiger partial charge in [-0.2, -0.15) is 0 Å². The van der Waals surface area contributed by atoms with Crippen LogP contribution in [0.2, 0.25) is 0 Å². The Morgan fingerprint density at radius 2 is 1.95 bits per heavy atom. The summed E-state index contributed by atoms with van der Waals surface area (Å²) in [5, 5.41) is 5.85. The maximum atomic E-state index is 3.71. The predicted octanol–water partition coefficient (Wildman–Crippen LogP) is 5.39. The first kappa shape index (κ1) is 15.4. The molecule has 0 aliphatic carbocycles. The molecule has 2 nitrogen and oxygen atoms in total. The van der Waals surface area contributed by atoms with E-state index in [2.05, 4.69) is 89.8 Å². The van der Waals surface area contributed by atoms with Crippen LogP contribution in [0, 0.1) is 5.92 Å². The van der Waals surface area contributed by atoms with Crippen molar-refractivity contribution in [2.75, 3.05) is 24.3 Å². The van der Waals surface area contributed by atoms with Gasteiger partial charge in [0.15, 0.2) is 0 Å². The quantitative estimate of drug-likeness (QED) is 0.776. The van der Waals surface area contributed by atoms with Crippen LogP contribution in [-0.4, -0.2) is 14.1 Å². The van der Waals surface area contributed by atoms with E-state index in [0.29, 0.717) is 12.0 Å². The van der Waals surface area contributed by atoms with E-state index in [1.54, 1.807) is 0 Å². The fraction of sp³-hybridized carbons (Fsp3) is 0.375. The molecule has 1 unspecified atom stereocenters. The fourth-order valence-electron chi connectivity index (χ4n) is 2.22. The van der Waals surface area contributed by atoms with Crippen molar-refractivity contribution < 1.29 is 0 Å². The van der Waals surface area contributed by atoms with Crippen LogP contribution in [0.5, 0.6) is 0 Å². The van der Waals surface area contributed by atoms with Gasteiger partial charge in [0.05, 0.1) is 17.4 Å². The Balaban J connectivity index is 2.33. The zero-order valence-corrected chi connectivity index (χ0v) is 14.8. The number of hydrogen-bond acceptors (Lipinski definition) is 3. The highest BCUT2D eigenvalue weighted by Gasteiger charge is 2.18. The van der Waals surface area contributed by atoms with Crippen molar-refractivity contribution in [1.82, 2.24) is 0 Å². The van der Waals surface area contributed by atoms with Crippen molar-refractivity contribution >= 4 is 38.6 Å². The Labute approximate surface area is 133 Å². The van der Waals surface area contributed by atoms with Gasteiger partial charge in [0, 0.05) is 23.4 Å². The molecule has 0 bridgehead atoms. The van der Waals surface area contributed by atoms with E-state index >= 15 is 0 Å². The smallest absolute Gasteiger partial charge is 0.0630 e. The lowest BCUT2D eigenvalue weighted by Crippen LogP contribution is -2.18. The minimum Gasteiger partial charge on any atom is -0.376 e. The summed E-state index contributed by atoms with van der Waals surface area (Å²) in [5.74, 6) is 0.530. The molecule has 1 aromatic heterocycles. The molecule has 0 aliphatic heterocycles. The molecule has 1 N–H and O–H groups in total. The van der Waals surface area contributed by atoms with Crippen molar-refractivity contribution in [3.8, 4) is 0 Å². The fourth-order valence-corrected chi connectivity index (χ4v) is 3.53. The lowest BCUT2D eigenvalue weighted by molar-refractivity contribution is 0.554. The zero-order chi connectivity index (χ0) is 14.7. The average molecular weight is 353 g/mol. The summed E-state index contributed by atoms with van der Waals surface area (Å²) in [6.07, 6.45) is 0. The summed E-state index contributed by atoms with van der Waals surface area (Å²) in [6, 6.07) is 11.0. The molecule has 0 fully saturated rings. The highest BCUT2D eigenvalue weighted by atomic mass is 79.9. The van der Waals surface area contributed by atoms with Crippen LogP contribution in [0.3, 0.4) is 0 Å². The molecular weight excluding hydrogens is 332 g/mol. The standard InChI is InChI=1S/C16H21BrN2S/c1-11(2)16(15-6-5-9-20-15)18-13-10-12(17)7-8-14(13)19(3)4/h5-11,16,18H,1-4H3. The van der Waals surface area contributed by atoms with Crippen molar-refractivity contribution in [2.45, 2.75) is 19.9 Å². The molecule has 0 amide bonds. The van der Waals surface area contributed by atoms with Crippen molar-refractivity contribution in [1.29, 1.82) is 0 Å². The molecule has 2 aromatic rings. The highest BCUT2D eigenvalue weighted by molar-refractivity contribution is 9.10. The molecule has 0 spiro atoms. The molecule has 108 valence electrons. The molecule has 0 radical (unpaired) electrons. The minimum absolute atomic E-state index is 0.336. The summed E-state index contributed by atoms with van der Waals surface area (Å²) in [6.45, 7) is 4.51. The lowest BCUT2D eigenvalue weighted by atomic mass is 10.0. The molecule has 0 saturated heterocycles. The molecule has 1 aromatic carbocycles. The second-order valence-corrected chi connectivity index (χ2v) is 7.33. The first-order valence-electron chi connectivity index (χ1n) is 6.76. The molecular formula is C16H21BrN2S. The lowest BCUT2D eigenvalue weighted by Gasteiger charge is -2.26. The zero-order valence-electron chi connectivity index (χ0n) is 12.4. The average Bonchev–Trinajstić information content (AvgIpc) is 2.88. The van der Waals surface area contributed by atoms with Crippen LogP contribution in [0.4, 0.5) is 11.4 Å². The van der Waals surface area contributed by atoms with Crippen molar-refractivity contribution in [2.24, 2.45) is 5.92 Å². The van der Waals surface area contributed by atoms with Gasteiger partial charge in [-0.05, 0) is 35.6 Å². The van der Waals surface area contributed by atoms with Crippen molar-refractivity contribution in [3.05, 3.63) is 45.1 Å². The van der Waals surface area contributed by atoms with Gasteiger partial charge >= 0.3 is 0 Å². The number of halogens is 1.